The van der Waals surface area contributed by atoms with Gasteiger partial charge in [-0.05, 0) is 25.3 Å². The summed E-state index contributed by atoms with van der Waals surface area (Å²) in [6.45, 7) is 3.49. The maximum absolute atomic E-state index is 12.6. The standard InChI is InChI=1S/C18H21F3N4S.HI/c1-2-22-16(23-10-15-25-14(11-26-15)18(19,20)21)24-12-17(8-9-17)13-6-4-3-5-7-13;/h3-7,11H,2,8-10,12H2,1H3,(H2,22,23,24);1H. The molecule has 1 fully saturated rings. The summed E-state index contributed by atoms with van der Waals surface area (Å²) in [6, 6.07) is 10.3. The van der Waals surface area contributed by atoms with Gasteiger partial charge in [-0.1, -0.05) is 30.3 Å². The third-order valence-corrected chi connectivity index (χ3v) is 5.23. The molecule has 0 aliphatic heterocycles. The molecule has 1 saturated carbocycles. The molecule has 1 heterocycles. The Morgan fingerprint density at radius 2 is 1.93 bits per heavy atom. The van der Waals surface area contributed by atoms with Gasteiger partial charge in [0.2, 0.25) is 0 Å². The van der Waals surface area contributed by atoms with E-state index in [0.29, 0.717) is 17.5 Å². The normalized spacial score (nSPS) is 15.8. The number of alkyl halides is 3. The van der Waals surface area contributed by atoms with Crippen molar-refractivity contribution in [2.75, 3.05) is 13.1 Å². The smallest absolute Gasteiger partial charge is 0.357 e. The van der Waals surface area contributed by atoms with Crippen molar-refractivity contribution in [1.29, 1.82) is 0 Å². The summed E-state index contributed by atoms with van der Waals surface area (Å²) in [7, 11) is 0. The van der Waals surface area contributed by atoms with Crippen molar-refractivity contribution in [2.24, 2.45) is 4.99 Å². The molecular formula is C18H22F3IN4S. The molecule has 9 heteroatoms. The molecule has 148 valence electrons. The van der Waals surface area contributed by atoms with Crippen molar-refractivity contribution in [1.82, 2.24) is 15.6 Å². The van der Waals surface area contributed by atoms with E-state index in [1.54, 1.807) is 0 Å². The lowest BCUT2D eigenvalue weighted by atomic mass is 9.96. The molecule has 2 N–H and O–H groups in total. The summed E-state index contributed by atoms with van der Waals surface area (Å²) in [4.78, 5) is 7.99. The second-order valence-electron chi connectivity index (χ2n) is 6.32. The molecule has 0 unspecified atom stereocenters. The van der Waals surface area contributed by atoms with Crippen LogP contribution in [0.4, 0.5) is 13.2 Å². The minimum absolute atomic E-state index is 0. The first-order chi connectivity index (χ1) is 12.4. The Morgan fingerprint density at radius 3 is 2.48 bits per heavy atom. The van der Waals surface area contributed by atoms with Crippen LogP contribution in [0.3, 0.4) is 0 Å². The monoisotopic (exact) mass is 510 g/mol. The number of hydrogen-bond acceptors (Lipinski definition) is 3. The van der Waals surface area contributed by atoms with E-state index in [9.17, 15) is 13.2 Å². The summed E-state index contributed by atoms with van der Waals surface area (Å²) >= 11 is 0.976. The van der Waals surface area contributed by atoms with Crippen LogP contribution in [0, 0.1) is 0 Å². The van der Waals surface area contributed by atoms with E-state index in [0.717, 1.165) is 36.1 Å². The van der Waals surface area contributed by atoms with E-state index in [-0.39, 0.29) is 35.9 Å². The summed E-state index contributed by atoms with van der Waals surface area (Å²) in [5.41, 5.74) is 0.576. The maximum atomic E-state index is 12.6. The van der Waals surface area contributed by atoms with Crippen molar-refractivity contribution < 1.29 is 13.2 Å². The highest BCUT2D eigenvalue weighted by Gasteiger charge is 2.44. The van der Waals surface area contributed by atoms with Crippen LogP contribution in [0.25, 0.3) is 0 Å². The Bertz CT molecular complexity index is 757. The number of hydrogen-bond donors (Lipinski definition) is 2. The minimum Gasteiger partial charge on any atom is -0.357 e. The fourth-order valence-corrected chi connectivity index (χ4v) is 3.49. The van der Waals surface area contributed by atoms with Crippen LogP contribution < -0.4 is 10.6 Å². The van der Waals surface area contributed by atoms with Gasteiger partial charge < -0.3 is 10.6 Å². The first kappa shape index (κ1) is 21.9. The molecule has 4 nitrogen and oxygen atoms in total. The van der Waals surface area contributed by atoms with Crippen LogP contribution in [-0.4, -0.2) is 24.0 Å². The van der Waals surface area contributed by atoms with Crippen LogP contribution in [0.2, 0.25) is 0 Å². The third-order valence-electron chi connectivity index (χ3n) is 4.39. The Kier molecular flexibility index (Phi) is 7.49. The van der Waals surface area contributed by atoms with Gasteiger partial charge in [-0.3, -0.25) is 0 Å². The van der Waals surface area contributed by atoms with E-state index >= 15 is 0 Å². The number of guanidine groups is 1. The quantitative estimate of drug-likeness (QED) is 0.340. The first-order valence-corrected chi connectivity index (χ1v) is 9.40. The minimum atomic E-state index is -4.41. The van der Waals surface area contributed by atoms with Crippen molar-refractivity contribution in [3.05, 3.63) is 52.0 Å². The largest absolute Gasteiger partial charge is 0.434 e. The number of thiazole rings is 1. The van der Waals surface area contributed by atoms with Crippen LogP contribution >= 0.6 is 35.3 Å². The number of nitrogens with zero attached hydrogens (tertiary/aromatic N) is 2. The molecule has 2 aromatic rings. The van der Waals surface area contributed by atoms with E-state index < -0.39 is 11.9 Å². The molecule has 1 aliphatic carbocycles. The van der Waals surface area contributed by atoms with E-state index in [4.69, 9.17) is 0 Å². The molecule has 1 aromatic heterocycles. The van der Waals surface area contributed by atoms with Crippen molar-refractivity contribution in [3.8, 4) is 0 Å². The maximum Gasteiger partial charge on any atom is 0.434 e. The molecule has 0 radical (unpaired) electrons. The van der Waals surface area contributed by atoms with E-state index in [2.05, 4.69) is 32.7 Å². The lowest BCUT2D eigenvalue weighted by molar-refractivity contribution is -0.140. The van der Waals surface area contributed by atoms with Gasteiger partial charge in [0.05, 0.1) is 6.54 Å². The zero-order valence-corrected chi connectivity index (χ0v) is 18.0. The lowest BCUT2D eigenvalue weighted by Gasteiger charge is -2.19. The number of aliphatic imine (C=N–C) groups is 1. The average molecular weight is 510 g/mol. The van der Waals surface area contributed by atoms with Crippen LogP contribution in [-0.2, 0) is 18.1 Å². The molecule has 0 atom stereocenters. The highest BCUT2D eigenvalue weighted by atomic mass is 127. The van der Waals surface area contributed by atoms with E-state index in [1.165, 1.54) is 5.56 Å². The summed E-state index contributed by atoms with van der Waals surface area (Å²) in [5.74, 6) is 0.596. The Labute approximate surface area is 177 Å². The Balaban J connectivity index is 0.00000261. The summed E-state index contributed by atoms with van der Waals surface area (Å²) in [6.07, 6.45) is -2.18. The van der Waals surface area contributed by atoms with Crippen LogP contribution in [0.5, 0.6) is 0 Å². The second kappa shape index (κ2) is 9.22. The molecule has 0 bridgehead atoms. The predicted octanol–water partition coefficient (Wildman–Crippen LogP) is 4.57. The molecular weight excluding hydrogens is 488 g/mol. The van der Waals surface area contributed by atoms with Crippen molar-refractivity contribution in [2.45, 2.75) is 37.9 Å². The highest BCUT2D eigenvalue weighted by Crippen LogP contribution is 2.47. The Morgan fingerprint density at radius 1 is 1.22 bits per heavy atom. The molecule has 1 aliphatic rings. The predicted molar refractivity (Wildman–Crippen MR) is 113 cm³/mol. The van der Waals surface area contributed by atoms with Gasteiger partial charge in [-0.15, -0.1) is 35.3 Å². The van der Waals surface area contributed by atoms with Gasteiger partial charge >= 0.3 is 6.18 Å². The molecule has 0 spiro atoms. The third kappa shape index (κ3) is 5.81. The van der Waals surface area contributed by atoms with Gasteiger partial charge in [0.15, 0.2) is 11.7 Å². The molecule has 3 rings (SSSR count). The average Bonchev–Trinajstić information content (AvgIpc) is 3.25. The van der Waals surface area contributed by atoms with Gasteiger partial charge in [0.1, 0.15) is 5.01 Å². The molecule has 1 aromatic carbocycles. The van der Waals surface area contributed by atoms with Gasteiger partial charge in [0.25, 0.3) is 0 Å². The molecule has 0 amide bonds. The van der Waals surface area contributed by atoms with Crippen molar-refractivity contribution in [3.63, 3.8) is 0 Å². The number of halogens is 4. The second-order valence-corrected chi connectivity index (χ2v) is 7.26. The lowest BCUT2D eigenvalue weighted by Crippen LogP contribution is -2.41. The first-order valence-electron chi connectivity index (χ1n) is 8.52. The Hall–Kier alpha value is -1.36. The SMILES string of the molecule is CCNC(=NCc1nc(C(F)(F)F)cs1)NCC1(c2ccccc2)CC1.I. The number of nitrogens with one attached hydrogen (secondary N) is 2. The van der Waals surface area contributed by atoms with Gasteiger partial charge in [-0.25, -0.2) is 9.98 Å². The van der Waals surface area contributed by atoms with Gasteiger partial charge in [0, 0.05) is 23.9 Å². The zero-order chi connectivity index (χ0) is 18.6. The number of rotatable bonds is 6. The van der Waals surface area contributed by atoms with Crippen molar-refractivity contribution >= 4 is 41.3 Å². The molecule has 0 saturated heterocycles. The summed E-state index contributed by atoms with van der Waals surface area (Å²) < 4.78 is 37.9. The molecule has 27 heavy (non-hydrogen) atoms. The van der Waals surface area contributed by atoms with Gasteiger partial charge in [-0.2, -0.15) is 13.2 Å². The number of aromatic nitrogens is 1. The van der Waals surface area contributed by atoms with Crippen LogP contribution in [0.1, 0.15) is 36.0 Å². The highest BCUT2D eigenvalue weighted by molar-refractivity contribution is 14.0. The van der Waals surface area contributed by atoms with E-state index in [1.807, 2.05) is 25.1 Å². The fraction of sp³-hybridized carbons (Fsp3) is 0.444. The summed E-state index contributed by atoms with van der Waals surface area (Å²) in [5, 5.41) is 7.83. The fourth-order valence-electron chi connectivity index (χ4n) is 2.77. The number of benzene rings is 1. The zero-order valence-electron chi connectivity index (χ0n) is 14.8. The topological polar surface area (TPSA) is 49.3 Å². The van der Waals surface area contributed by atoms with Crippen LogP contribution in [0.15, 0.2) is 40.7 Å².